The van der Waals surface area contributed by atoms with Gasteiger partial charge in [0.25, 0.3) is 5.91 Å². The molecule has 0 bridgehead atoms. The number of carbonyl (C=O) groups is 2. The summed E-state index contributed by atoms with van der Waals surface area (Å²) in [6.07, 6.45) is 1.50. The van der Waals surface area contributed by atoms with Gasteiger partial charge < -0.3 is 9.47 Å². The first-order valence-corrected chi connectivity index (χ1v) is 9.40. The Morgan fingerprint density at radius 3 is 2.30 bits per heavy atom. The van der Waals surface area contributed by atoms with Crippen LogP contribution in [0, 0.1) is 13.8 Å². The average molecular weight is 402 g/mol. The molecule has 30 heavy (non-hydrogen) atoms. The van der Waals surface area contributed by atoms with E-state index in [4.69, 9.17) is 9.47 Å². The van der Waals surface area contributed by atoms with Crippen molar-refractivity contribution >= 4 is 18.1 Å². The molecule has 0 aromatic heterocycles. The highest BCUT2D eigenvalue weighted by Gasteiger charge is 2.08. The molecule has 1 amide bonds. The second kappa shape index (κ2) is 10.0. The molecule has 0 heterocycles. The van der Waals surface area contributed by atoms with Crippen molar-refractivity contribution in [3.63, 3.8) is 0 Å². The Morgan fingerprint density at radius 1 is 0.900 bits per heavy atom. The summed E-state index contributed by atoms with van der Waals surface area (Å²) in [7, 11) is 0. The van der Waals surface area contributed by atoms with Crippen molar-refractivity contribution in [1.82, 2.24) is 5.43 Å². The van der Waals surface area contributed by atoms with Crippen molar-refractivity contribution < 1.29 is 19.1 Å². The molecule has 0 radical (unpaired) electrons. The molecule has 0 aliphatic carbocycles. The first kappa shape index (κ1) is 20.8. The number of hydrogen-bond donors (Lipinski definition) is 1. The van der Waals surface area contributed by atoms with Gasteiger partial charge in [0.05, 0.1) is 11.8 Å². The number of hydrogen-bond acceptors (Lipinski definition) is 5. The van der Waals surface area contributed by atoms with E-state index in [1.165, 1.54) is 6.21 Å². The second-order valence-corrected chi connectivity index (χ2v) is 6.72. The van der Waals surface area contributed by atoms with E-state index in [1.807, 2.05) is 38.1 Å². The predicted molar refractivity (Wildman–Crippen MR) is 115 cm³/mol. The van der Waals surface area contributed by atoms with Gasteiger partial charge in [-0.05, 0) is 67.9 Å². The van der Waals surface area contributed by atoms with Crippen LogP contribution in [0.15, 0.2) is 77.9 Å². The van der Waals surface area contributed by atoms with E-state index < -0.39 is 5.97 Å². The standard InChI is InChI=1S/C24H22N2O4/c1-17-6-10-21(11-7-17)29-16-23(27)26-25-15-19-8-12-22(13-9-19)30-24(28)20-5-3-4-18(2)14-20/h3-15H,16H2,1-2H3,(H,26,27)/b25-15+. The molecule has 3 rings (SSSR count). The van der Waals surface area contributed by atoms with Crippen molar-refractivity contribution in [2.75, 3.05) is 6.61 Å². The van der Waals surface area contributed by atoms with Gasteiger partial charge >= 0.3 is 5.97 Å². The van der Waals surface area contributed by atoms with Crippen LogP contribution in [-0.2, 0) is 4.79 Å². The molecule has 6 nitrogen and oxygen atoms in total. The summed E-state index contributed by atoms with van der Waals surface area (Å²) in [6, 6.07) is 21.4. The number of hydrazone groups is 1. The minimum atomic E-state index is -0.416. The van der Waals surface area contributed by atoms with Crippen molar-refractivity contribution in [3.8, 4) is 11.5 Å². The molecule has 3 aromatic carbocycles. The molecule has 0 unspecified atom stereocenters. The zero-order chi connectivity index (χ0) is 21.3. The number of ether oxygens (including phenoxy) is 2. The molecule has 0 saturated carbocycles. The first-order chi connectivity index (χ1) is 14.5. The molecule has 0 spiro atoms. The van der Waals surface area contributed by atoms with Crippen molar-refractivity contribution in [3.05, 3.63) is 95.1 Å². The van der Waals surface area contributed by atoms with Crippen LogP contribution >= 0.6 is 0 Å². The number of aryl methyl sites for hydroxylation is 2. The molecule has 0 aliphatic rings. The SMILES string of the molecule is Cc1ccc(OCC(=O)N/N=C/c2ccc(OC(=O)c3cccc(C)c3)cc2)cc1. The lowest BCUT2D eigenvalue weighted by Gasteiger charge is -2.06. The fraction of sp³-hybridized carbons (Fsp3) is 0.125. The Bertz CT molecular complexity index is 1040. The van der Waals surface area contributed by atoms with E-state index >= 15 is 0 Å². The highest BCUT2D eigenvalue weighted by molar-refractivity contribution is 5.91. The lowest BCUT2D eigenvalue weighted by molar-refractivity contribution is -0.123. The molecule has 0 fully saturated rings. The first-order valence-electron chi connectivity index (χ1n) is 9.40. The molecule has 0 saturated heterocycles. The van der Waals surface area contributed by atoms with E-state index in [0.717, 1.165) is 16.7 Å². The summed E-state index contributed by atoms with van der Waals surface area (Å²) >= 11 is 0. The van der Waals surface area contributed by atoms with E-state index in [1.54, 1.807) is 48.5 Å². The fourth-order valence-electron chi connectivity index (χ4n) is 2.55. The monoisotopic (exact) mass is 402 g/mol. The highest BCUT2D eigenvalue weighted by Crippen LogP contribution is 2.14. The van der Waals surface area contributed by atoms with Crippen LogP contribution in [0.5, 0.6) is 11.5 Å². The zero-order valence-electron chi connectivity index (χ0n) is 16.8. The Labute approximate surface area is 175 Å². The van der Waals surface area contributed by atoms with Crippen LogP contribution in [0.2, 0.25) is 0 Å². The minimum Gasteiger partial charge on any atom is -0.484 e. The van der Waals surface area contributed by atoms with E-state index in [-0.39, 0.29) is 12.5 Å². The van der Waals surface area contributed by atoms with Crippen LogP contribution in [0.4, 0.5) is 0 Å². The number of esters is 1. The molecular formula is C24H22N2O4. The number of rotatable bonds is 7. The average Bonchev–Trinajstić information content (AvgIpc) is 2.74. The summed E-state index contributed by atoms with van der Waals surface area (Å²) in [5.74, 6) is 0.265. The smallest absolute Gasteiger partial charge is 0.343 e. The Balaban J connectivity index is 1.46. The molecule has 6 heteroatoms. The van der Waals surface area contributed by atoms with Crippen molar-refractivity contribution in [1.29, 1.82) is 0 Å². The normalized spacial score (nSPS) is 10.6. The molecule has 1 N–H and O–H groups in total. The fourth-order valence-corrected chi connectivity index (χ4v) is 2.55. The second-order valence-electron chi connectivity index (χ2n) is 6.72. The Kier molecular flexibility index (Phi) is 6.95. The zero-order valence-corrected chi connectivity index (χ0v) is 16.8. The van der Waals surface area contributed by atoms with E-state index in [2.05, 4.69) is 10.5 Å². The molecule has 0 aliphatic heterocycles. The number of carbonyl (C=O) groups excluding carboxylic acids is 2. The largest absolute Gasteiger partial charge is 0.484 e. The number of nitrogens with zero attached hydrogens (tertiary/aromatic N) is 1. The topological polar surface area (TPSA) is 77.0 Å². The van der Waals surface area contributed by atoms with Crippen LogP contribution < -0.4 is 14.9 Å². The van der Waals surface area contributed by atoms with Crippen LogP contribution in [-0.4, -0.2) is 24.7 Å². The maximum Gasteiger partial charge on any atom is 0.343 e. The van der Waals surface area contributed by atoms with Gasteiger partial charge in [0.1, 0.15) is 11.5 Å². The number of amides is 1. The number of benzene rings is 3. The van der Waals surface area contributed by atoms with Crippen molar-refractivity contribution in [2.24, 2.45) is 5.10 Å². The van der Waals surface area contributed by atoms with Gasteiger partial charge in [-0.3, -0.25) is 4.79 Å². The Morgan fingerprint density at radius 2 is 1.60 bits per heavy atom. The third kappa shape index (κ3) is 6.31. The minimum absolute atomic E-state index is 0.131. The molecule has 3 aromatic rings. The third-order valence-corrected chi connectivity index (χ3v) is 4.14. The summed E-state index contributed by atoms with van der Waals surface area (Å²) in [6.45, 7) is 3.76. The quantitative estimate of drug-likeness (QED) is 0.280. The van der Waals surface area contributed by atoms with Gasteiger partial charge in [-0.15, -0.1) is 0 Å². The number of nitrogens with one attached hydrogen (secondary N) is 1. The molecular weight excluding hydrogens is 380 g/mol. The predicted octanol–water partition coefficient (Wildman–Crippen LogP) is 4.05. The van der Waals surface area contributed by atoms with Gasteiger partial charge in [0.15, 0.2) is 6.61 Å². The van der Waals surface area contributed by atoms with Crippen molar-refractivity contribution in [2.45, 2.75) is 13.8 Å². The Hall–Kier alpha value is -3.93. The lowest BCUT2D eigenvalue weighted by atomic mass is 10.1. The third-order valence-electron chi connectivity index (χ3n) is 4.14. The molecule has 0 atom stereocenters. The lowest BCUT2D eigenvalue weighted by Crippen LogP contribution is -2.24. The van der Waals surface area contributed by atoms with Gasteiger partial charge in [0, 0.05) is 0 Å². The maximum absolute atomic E-state index is 12.2. The summed E-state index contributed by atoms with van der Waals surface area (Å²) in [5, 5.41) is 3.90. The van der Waals surface area contributed by atoms with Gasteiger partial charge in [-0.25, -0.2) is 10.2 Å². The van der Waals surface area contributed by atoms with Gasteiger partial charge in [-0.2, -0.15) is 5.10 Å². The van der Waals surface area contributed by atoms with Gasteiger partial charge in [-0.1, -0.05) is 35.4 Å². The van der Waals surface area contributed by atoms with Gasteiger partial charge in [0.2, 0.25) is 0 Å². The maximum atomic E-state index is 12.2. The molecule has 152 valence electrons. The van der Waals surface area contributed by atoms with E-state index in [9.17, 15) is 9.59 Å². The summed E-state index contributed by atoms with van der Waals surface area (Å²) in [5.41, 5.74) is 5.75. The van der Waals surface area contributed by atoms with Crippen LogP contribution in [0.25, 0.3) is 0 Å². The van der Waals surface area contributed by atoms with E-state index in [0.29, 0.717) is 17.1 Å². The summed E-state index contributed by atoms with van der Waals surface area (Å²) < 4.78 is 10.8. The van der Waals surface area contributed by atoms with Crippen LogP contribution in [0.1, 0.15) is 27.0 Å². The highest BCUT2D eigenvalue weighted by atomic mass is 16.5. The van der Waals surface area contributed by atoms with Crippen LogP contribution in [0.3, 0.4) is 0 Å². The summed E-state index contributed by atoms with van der Waals surface area (Å²) in [4.78, 5) is 24.0.